The minimum Gasteiger partial charge on any atom is -0.354 e. The summed E-state index contributed by atoms with van der Waals surface area (Å²) in [5.74, 6) is 0.374. The van der Waals surface area contributed by atoms with Crippen LogP contribution in [0.2, 0.25) is 0 Å². The molecule has 9 heteroatoms. The highest BCUT2D eigenvalue weighted by Gasteiger charge is 2.41. The van der Waals surface area contributed by atoms with Crippen LogP contribution in [0.4, 0.5) is 13.2 Å². The van der Waals surface area contributed by atoms with Gasteiger partial charge in [0.05, 0.1) is 6.54 Å². The van der Waals surface area contributed by atoms with Crippen molar-refractivity contribution in [1.82, 2.24) is 20.4 Å². The predicted molar refractivity (Wildman–Crippen MR) is 103 cm³/mol. The molecule has 1 aliphatic heterocycles. The quantitative estimate of drug-likeness (QED) is 0.562. The summed E-state index contributed by atoms with van der Waals surface area (Å²) in [6.07, 6.45) is -3.47. The second-order valence-electron chi connectivity index (χ2n) is 6.73. The number of aliphatic imine (C=N–C) groups is 1. The Morgan fingerprint density at radius 3 is 2.36 bits per heavy atom. The number of hydrogen-bond donors (Lipinski definition) is 2. The largest absolute Gasteiger partial charge is 0.403 e. The number of piperazine rings is 1. The summed E-state index contributed by atoms with van der Waals surface area (Å²) >= 11 is 0. The van der Waals surface area contributed by atoms with Gasteiger partial charge < -0.3 is 15.5 Å². The van der Waals surface area contributed by atoms with E-state index in [1.165, 1.54) is 11.8 Å². The molecule has 1 aliphatic rings. The van der Waals surface area contributed by atoms with Crippen LogP contribution in [0.3, 0.4) is 0 Å². The van der Waals surface area contributed by atoms with Gasteiger partial charge in [-0.05, 0) is 18.9 Å². The highest BCUT2D eigenvalue weighted by atomic mass is 19.4. The Labute approximate surface area is 163 Å². The van der Waals surface area contributed by atoms with Crippen molar-refractivity contribution in [2.75, 3.05) is 46.3 Å². The molecular formula is C19H28F3N5O. The van der Waals surface area contributed by atoms with Crippen molar-refractivity contribution in [1.29, 1.82) is 0 Å². The van der Waals surface area contributed by atoms with Gasteiger partial charge >= 0.3 is 6.18 Å². The lowest BCUT2D eigenvalue weighted by Gasteiger charge is -2.39. The summed E-state index contributed by atoms with van der Waals surface area (Å²) < 4.78 is 38.5. The van der Waals surface area contributed by atoms with Gasteiger partial charge in [-0.2, -0.15) is 13.2 Å². The van der Waals surface area contributed by atoms with Crippen LogP contribution in [-0.2, 0) is 11.2 Å². The first-order valence-electron chi connectivity index (χ1n) is 9.38. The van der Waals surface area contributed by atoms with Gasteiger partial charge in [0, 0.05) is 39.8 Å². The first-order chi connectivity index (χ1) is 13.3. The van der Waals surface area contributed by atoms with E-state index in [1.807, 2.05) is 35.2 Å². The molecular weight excluding hydrogens is 371 g/mol. The Hall–Kier alpha value is -2.29. The zero-order valence-electron chi connectivity index (χ0n) is 16.3. The van der Waals surface area contributed by atoms with E-state index in [-0.39, 0.29) is 12.5 Å². The van der Waals surface area contributed by atoms with E-state index in [0.29, 0.717) is 38.7 Å². The van der Waals surface area contributed by atoms with Crippen molar-refractivity contribution in [3.63, 3.8) is 0 Å². The zero-order valence-corrected chi connectivity index (χ0v) is 16.3. The molecule has 0 aromatic heterocycles. The summed E-state index contributed by atoms with van der Waals surface area (Å²) in [6.45, 7) is 3.24. The van der Waals surface area contributed by atoms with E-state index >= 15 is 0 Å². The topological polar surface area (TPSA) is 60.0 Å². The highest BCUT2D eigenvalue weighted by molar-refractivity contribution is 5.86. The van der Waals surface area contributed by atoms with Crippen LogP contribution in [0, 0.1) is 0 Å². The summed E-state index contributed by atoms with van der Waals surface area (Å²) in [7, 11) is 1.60. The van der Waals surface area contributed by atoms with Crippen molar-refractivity contribution in [2.45, 2.75) is 25.6 Å². The summed E-state index contributed by atoms with van der Waals surface area (Å²) in [6, 6.07) is 8.41. The average molecular weight is 399 g/mol. The maximum atomic E-state index is 12.8. The fourth-order valence-electron chi connectivity index (χ4n) is 3.07. The van der Waals surface area contributed by atoms with Crippen molar-refractivity contribution < 1.29 is 18.0 Å². The van der Waals surface area contributed by atoms with E-state index in [9.17, 15) is 18.0 Å². The number of carbonyl (C=O) groups excluding carboxylic acids is 1. The average Bonchev–Trinajstić information content (AvgIpc) is 2.68. The van der Waals surface area contributed by atoms with Crippen LogP contribution >= 0.6 is 0 Å². The number of rotatable bonds is 6. The number of amides is 1. The molecule has 1 atom stereocenters. The van der Waals surface area contributed by atoms with Gasteiger partial charge in [0.1, 0.15) is 6.04 Å². The first-order valence-corrected chi connectivity index (χ1v) is 9.38. The molecule has 1 aromatic carbocycles. The molecule has 0 aliphatic carbocycles. The Kier molecular flexibility index (Phi) is 8.10. The fourth-order valence-corrected chi connectivity index (χ4v) is 3.07. The number of guanidine groups is 1. The number of hydrogen-bond acceptors (Lipinski definition) is 3. The molecule has 1 unspecified atom stereocenters. The maximum absolute atomic E-state index is 12.8. The smallest absolute Gasteiger partial charge is 0.354 e. The SMILES string of the molecule is CN=C(NCC(=O)NCCc1ccccc1)N1CCN(C(C)C(F)(F)F)CC1. The maximum Gasteiger partial charge on any atom is 0.403 e. The minimum atomic E-state index is -4.22. The lowest BCUT2D eigenvalue weighted by molar-refractivity contribution is -0.181. The lowest BCUT2D eigenvalue weighted by atomic mass is 10.1. The molecule has 1 saturated heterocycles. The molecule has 0 saturated carbocycles. The minimum absolute atomic E-state index is 0.0701. The van der Waals surface area contributed by atoms with Gasteiger partial charge in [0.25, 0.3) is 0 Å². The van der Waals surface area contributed by atoms with E-state index in [4.69, 9.17) is 0 Å². The van der Waals surface area contributed by atoms with Crippen LogP contribution in [0.1, 0.15) is 12.5 Å². The molecule has 0 spiro atoms. The third kappa shape index (κ3) is 6.70. The van der Waals surface area contributed by atoms with Crippen LogP contribution in [0.5, 0.6) is 0 Å². The van der Waals surface area contributed by atoms with Crippen LogP contribution in [-0.4, -0.2) is 80.2 Å². The number of nitrogens with one attached hydrogen (secondary N) is 2. The summed E-state index contributed by atoms with van der Waals surface area (Å²) in [5, 5.41) is 5.83. The highest BCUT2D eigenvalue weighted by Crippen LogP contribution is 2.25. The first kappa shape index (κ1) is 22.0. The number of nitrogens with zero attached hydrogens (tertiary/aromatic N) is 3. The molecule has 156 valence electrons. The predicted octanol–water partition coefficient (Wildman–Crippen LogP) is 1.49. The van der Waals surface area contributed by atoms with Gasteiger partial charge in [0.2, 0.25) is 5.91 Å². The second kappa shape index (κ2) is 10.3. The third-order valence-electron chi connectivity index (χ3n) is 4.83. The second-order valence-corrected chi connectivity index (χ2v) is 6.73. The summed E-state index contributed by atoms with van der Waals surface area (Å²) in [4.78, 5) is 19.4. The Balaban J connectivity index is 1.70. The van der Waals surface area contributed by atoms with Crippen molar-refractivity contribution in [3.8, 4) is 0 Å². The molecule has 28 heavy (non-hydrogen) atoms. The van der Waals surface area contributed by atoms with Gasteiger partial charge in [-0.1, -0.05) is 30.3 Å². The molecule has 1 aromatic rings. The van der Waals surface area contributed by atoms with Crippen LogP contribution in [0.25, 0.3) is 0 Å². The molecule has 0 radical (unpaired) electrons. The number of halogens is 3. The number of benzene rings is 1. The van der Waals surface area contributed by atoms with Crippen molar-refractivity contribution in [2.24, 2.45) is 4.99 Å². The molecule has 6 nitrogen and oxygen atoms in total. The molecule has 1 amide bonds. The van der Waals surface area contributed by atoms with Crippen LogP contribution in [0.15, 0.2) is 35.3 Å². The Morgan fingerprint density at radius 2 is 1.79 bits per heavy atom. The van der Waals surface area contributed by atoms with Crippen molar-refractivity contribution in [3.05, 3.63) is 35.9 Å². The fraction of sp³-hybridized carbons (Fsp3) is 0.579. The van der Waals surface area contributed by atoms with Crippen molar-refractivity contribution >= 4 is 11.9 Å². The monoisotopic (exact) mass is 399 g/mol. The normalized spacial score (nSPS) is 17.3. The van der Waals surface area contributed by atoms with Gasteiger partial charge in [-0.3, -0.25) is 14.7 Å². The van der Waals surface area contributed by atoms with E-state index in [2.05, 4.69) is 15.6 Å². The molecule has 0 bridgehead atoms. The Morgan fingerprint density at radius 1 is 1.14 bits per heavy atom. The zero-order chi connectivity index (χ0) is 20.6. The molecule has 2 N–H and O–H groups in total. The molecule has 1 heterocycles. The van der Waals surface area contributed by atoms with Gasteiger partial charge in [-0.25, -0.2) is 0 Å². The van der Waals surface area contributed by atoms with E-state index in [0.717, 1.165) is 12.0 Å². The van der Waals surface area contributed by atoms with Crippen LogP contribution < -0.4 is 10.6 Å². The lowest BCUT2D eigenvalue weighted by Crippen LogP contribution is -2.57. The van der Waals surface area contributed by atoms with E-state index in [1.54, 1.807) is 7.05 Å². The molecule has 2 rings (SSSR count). The number of alkyl halides is 3. The Bertz CT molecular complexity index is 643. The van der Waals surface area contributed by atoms with Gasteiger partial charge in [-0.15, -0.1) is 0 Å². The van der Waals surface area contributed by atoms with E-state index < -0.39 is 12.2 Å². The number of carbonyl (C=O) groups is 1. The summed E-state index contributed by atoms with van der Waals surface area (Å²) in [5.41, 5.74) is 1.15. The third-order valence-corrected chi connectivity index (χ3v) is 4.83. The molecule has 1 fully saturated rings. The van der Waals surface area contributed by atoms with Gasteiger partial charge in [0.15, 0.2) is 5.96 Å². The standard InChI is InChI=1S/C19H28F3N5O/c1-15(19(20,21)22)26-10-12-27(13-11-26)18(23-2)25-14-17(28)24-9-8-16-6-4-3-5-7-16/h3-7,15H,8-14H2,1-2H3,(H,23,25)(H,24,28).